The predicted octanol–water partition coefficient (Wildman–Crippen LogP) is 1.51. The number of aryl methyl sites for hydroxylation is 1. The Kier molecular flexibility index (Phi) is 2.12. The van der Waals surface area contributed by atoms with Crippen LogP contribution < -0.4 is 0 Å². The van der Waals surface area contributed by atoms with E-state index in [1.54, 1.807) is 13.2 Å². The molecule has 0 saturated heterocycles. The van der Waals surface area contributed by atoms with Crippen LogP contribution in [0.1, 0.15) is 18.2 Å². The highest BCUT2D eigenvalue weighted by Gasteiger charge is 2.04. The lowest BCUT2D eigenvalue weighted by atomic mass is 10.2. The van der Waals surface area contributed by atoms with Gasteiger partial charge < -0.3 is 9.52 Å². The summed E-state index contributed by atoms with van der Waals surface area (Å²) in [6.07, 6.45) is 1.94. The zero-order chi connectivity index (χ0) is 7.56. The van der Waals surface area contributed by atoms with E-state index in [1.807, 2.05) is 13.0 Å². The Labute approximate surface area is 60.5 Å². The minimum absolute atomic E-state index is 0.315. The Hall–Kier alpha value is -0.760. The molecule has 0 aliphatic rings. The van der Waals surface area contributed by atoms with E-state index in [2.05, 4.69) is 0 Å². The van der Waals surface area contributed by atoms with Crippen LogP contribution in [0.5, 0.6) is 0 Å². The highest BCUT2D eigenvalue weighted by Crippen LogP contribution is 2.10. The summed E-state index contributed by atoms with van der Waals surface area (Å²) in [4.78, 5) is 0. The van der Waals surface area contributed by atoms with E-state index in [4.69, 9.17) is 9.52 Å². The van der Waals surface area contributed by atoms with Crippen molar-refractivity contribution in [3.63, 3.8) is 0 Å². The number of aliphatic hydroxyl groups is 1. The molecular formula is C8H12O2. The Bertz CT molecular complexity index is 201. The van der Waals surface area contributed by atoms with Gasteiger partial charge in [-0.3, -0.25) is 0 Å². The van der Waals surface area contributed by atoms with Gasteiger partial charge in [0.2, 0.25) is 0 Å². The van der Waals surface area contributed by atoms with Gasteiger partial charge in [0.1, 0.15) is 5.76 Å². The molecule has 0 aliphatic carbocycles. The van der Waals surface area contributed by atoms with Crippen molar-refractivity contribution < 1.29 is 9.52 Å². The minimum Gasteiger partial charge on any atom is -0.469 e. The summed E-state index contributed by atoms with van der Waals surface area (Å²) < 4.78 is 5.12. The largest absolute Gasteiger partial charge is 0.469 e. The molecule has 0 radical (unpaired) electrons. The standard InChI is InChI=1S/C8H12O2/c1-6-3-4-10-8(6)5-7(2)9/h3-4,7,9H,5H2,1-2H3/t7-/m0/s1. The Balaban J connectivity index is 2.65. The van der Waals surface area contributed by atoms with Crippen molar-refractivity contribution >= 4 is 0 Å². The van der Waals surface area contributed by atoms with Gasteiger partial charge in [0.15, 0.2) is 0 Å². The van der Waals surface area contributed by atoms with Gasteiger partial charge >= 0.3 is 0 Å². The van der Waals surface area contributed by atoms with Crippen molar-refractivity contribution in [2.75, 3.05) is 0 Å². The van der Waals surface area contributed by atoms with Gasteiger partial charge in [-0.15, -0.1) is 0 Å². The third kappa shape index (κ3) is 1.61. The van der Waals surface area contributed by atoms with E-state index in [-0.39, 0.29) is 6.10 Å². The highest BCUT2D eigenvalue weighted by atomic mass is 16.3. The van der Waals surface area contributed by atoms with Crippen molar-refractivity contribution in [3.8, 4) is 0 Å². The van der Waals surface area contributed by atoms with Crippen molar-refractivity contribution in [3.05, 3.63) is 23.7 Å². The van der Waals surface area contributed by atoms with Crippen LogP contribution in [0.4, 0.5) is 0 Å². The van der Waals surface area contributed by atoms with E-state index >= 15 is 0 Å². The molecule has 1 atom stereocenters. The van der Waals surface area contributed by atoms with E-state index in [1.165, 1.54) is 0 Å². The fourth-order valence-corrected chi connectivity index (χ4v) is 0.882. The average Bonchev–Trinajstić information content (AvgIpc) is 2.15. The second kappa shape index (κ2) is 2.88. The van der Waals surface area contributed by atoms with Crippen LogP contribution in [0.15, 0.2) is 16.7 Å². The molecule has 10 heavy (non-hydrogen) atoms. The molecule has 0 fully saturated rings. The second-order valence-electron chi connectivity index (χ2n) is 2.58. The smallest absolute Gasteiger partial charge is 0.109 e. The molecule has 0 spiro atoms. The summed E-state index contributed by atoms with van der Waals surface area (Å²) in [5.41, 5.74) is 1.11. The van der Waals surface area contributed by atoms with Crippen molar-refractivity contribution in [2.24, 2.45) is 0 Å². The van der Waals surface area contributed by atoms with Crippen LogP contribution in [0.2, 0.25) is 0 Å². The van der Waals surface area contributed by atoms with Gasteiger partial charge in [-0.1, -0.05) is 0 Å². The number of furan rings is 1. The maximum absolute atomic E-state index is 8.99. The zero-order valence-electron chi connectivity index (χ0n) is 6.29. The first kappa shape index (κ1) is 7.35. The average molecular weight is 140 g/mol. The summed E-state index contributed by atoms with van der Waals surface area (Å²) in [5.74, 6) is 0.884. The molecule has 1 rings (SSSR count). The van der Waals surface area contributed by atoms with Crippen molar-refractivity contribution in [1.29, 1.82) is 0 Å². The first-order valence-electron chi connectivity index (χ1n) is 3.41. The summed E-state index contributed by atoms with van der Waals surface area (Å²) in [6.45, 7) is 3.73. The Morgan fingerprint density at radius 1 is 1.70 bits per heavy atom. The SMILES string of the molecule is Cc1ccoc1C[C@H](C)O. The molecular weight excluding hydrogens is 128 g/mol. The summed E-state index contributed by atoms with van der Waals surface area (Å²) in [6, 6.07) is 1.90. The van der Waals surface area contributed by atoms with Crippen LogP contribution in [-0.4, -0.2) is 11.2 Å². The molecule has 56 valence electrons. The van der Waals surface area contributed by atoms with Gasteiger partial charge in [0.05, 0.1) is 12.4 Å². The molecule has 0 aromatic carbocycles. The molecule has 0 bridgehead atoms. The molecule has 1 aromatic heterocycles. The topological polar surface area (TPSA) is 33.4 Å². The van der Waals surface area contributed by atoms with Gasteiger partial charge in [-0.2, -0.15) is 0 Å². The molecule has 0 aliphatic heterocycles. The monoisotopic (exact) mass is 140 g/mol. The highest BCUT2D eigenvalue weighted by molar-refractivity contribution is 5.14. The number of aliphatic hydroxyl groups excluding tert-OH is 1. The third-order valence-corrected chi connectivity index (χ3v) is 1.45. The lowest BCUT2D eigenvalue weighted by Gasteiger charge is -2.00. The van der Waals surface area contributed by atoms with Crippen LogP contribution in [0.25, 0.3) is 0 Å². The maximum Gasteiger partial charge on any atom is 0.109 e. The van der Waals surface area contributed by atoms with Crippen LogP contribution in [-0.2, 0) is 6.42 Å². The normalized spacial score (nSPS) is 13.5. The van der Waals surface area contributed by atoms with E-state index in [9.17, 15) is 0 Å². The van der Waals surface area contributed by atoms with Crippen LogP contribution in [0, 0.1) is 6.92 Å². The summed E-state index contributed by atoms with van der Waals surface area (Å²) in [7, 11) is 0. The molecule has 0 amide bonds. The molecule has 0 saturated carbocycles. The van der Waals surface area contributed by atoms with Crippen LogP contribution in [0.3, 0.4) is 0 Å². The second-order valence-corrected chi connectivity index (χ2v) is 2.58. The molecule has 2 heteroatoms. The van der Waals surface area contributed by atoms with Gasteiger partial charge in [-0.25, -0.2) is 0 Å². The number of rotatable bonds is 2. The lowest BCUT2D eigenvalue weighted by molar-refractivity contribution is 0.187. The van der Waals surface area contributed by atoms with Crippen molar-refractivity contribution in [1.82, 2.24) is 0 Å². The molecule has 1 aromatic rings. The zero-order valence-corrected chi connectivity index (χ0v) is 6.29. The van der Waals surface area contributed by atoms with E-state index < -0.39 is 0 Å². The van der Waals surface area contributed by atoms with E-state index in [0.29, 0.717) is 6.42 Å². The molecule has 2 nitrogen and oxygen atoms in total. The van der Waals surface area contributed by atoms with Gasteiger partial charge in [0, 0.05) is 6.42 Å². The summed E-state index contributed by atoms with van der Waals surface area (Å²) in [5, 5.41) is 8.99. The number of hydrogen-bond donors (Lipinski definition) is 1. The third-order valence-electron chi connectivity index (χ3n) is 1.45. The quantitative estimate of drug-likeness (QED) is 0.675. The molecule has 1 N–H and O–H groups in total. The fourth-order valence-electron chi connectivity index (χ4n) is 0.882. The fraction of sp³-hybridized carbons (Fsp3) is 0.500. The molecule has 1 heterocycles. The Morgan fingerprint density at radius 3 is 2.80 bits per heavy atom. The predicted molar refractivity (Wildman–Crippen MR) is 38.8 cm³/mol. The van der Waals surface area contributed by atoms with Gasteiger partial charge in [-0.05, 0) is 25.5 Å². The van der Waals surface area contributed by atoms with Crippen molar-refractivity contribution in [2.45, 2.75) is 26.4 Å². The summed E-state index contributed by atoms with van der Waals surface area (Å²) >= 11 is 0. The first-order chi connectivity index (χ1) is 4.70. The lowest BCUT2D eigenvalue weighted by Crippen LogP contribution is -2.03. The molecule has 0 unspecified atom stereocenters. The number of hydrogen-bond acceptors (Lipinski definition) is 2. The van der Waals surface area contributed by atoms with E-state index in [0.717, 1.165) is 11.3 Å². The van der Waals surface area contributed by atoms with Crippen LogP contribution >= 0.6 is 0 Å². The maximum atomic E-state index is 8.99. The van der Waals surface area contributed by atoms with Gasteiger partial charge in [0.25, 0.3) is 0 Å². The Morgan fingerprint density at radius 2 is 2.40 bits per heavy atom. The minimum atomic E-state index is -0.315. The first-order valence-corrected chi connectivity index (χ1v) is 3.41.